The Morgan fingerprint density at radius 1 is 1.44 bits per heavy atom. The fourth-order valence-electron chi connectivity index (χ4n) is 2.37. The normalized spacial score (nSPS) is 21.8. The number of carbonyl (C=O) groups excluding carboxylic acids is 1. The van der Waals surface area contributed by atoms with Crippen LogP contribution in [0.1, 0.15) is 25.7 Å². The van der Waals surface area contributed by atoms with E-state index in [2.05, 4.69) is 10.6 Å². The first-order valence-electron chi connectivity index (χ1n) is 6.23. The average molecular weight is 226 g/mol. The molecule has 4 heteroatoms. The molecule has 2 N–H and O–H groups in total. The minimum absolute atomic E-state index is 0.0728. The molecular weight excluding hydrogens is 204 g/mol. The highest BCUT2D eigenvalue weighted by molar-refractivity contribution is 5.77. The molecule has 2 aliphatic carbocycles. The second kappa shape index (κ2) is 5.15. The third-order valence-corrected chi connectivity index (χ3v) is 3.73. The van der Waals surface area contributed by atoms with Gasteiger partial charge in [0.1, 0.15) is 0 Å². The van der Waals surface area contributed by atoms with Crippen LogP contribution < -0.4 is 10.6 Å². The maximum atomic E-state index is 11.4. The Labute approximate surface area is 97.1 Å². The number of nitrogens with one attached hydrogen (secondary N) is 2. The second-order valence-corrected chi connectivity index (χ2v) is 5.08. The summed E-state index contributed by atoms with van der Waals surface area (Å²) in [4.78, 5) is 11.4. The maximum absolute atomic E-state index is 11.4. The van der Waals surface area contributed by atoms with E-state index >= 15 is 0 Å². The van der Waals surface area contributed by atoms with E-state index in [1.54, 1.807) is 7.11 Å². The minimum atomic E-state index is 0.0728. The number of carbonyl (C=O) groups is 1. The van der Waals surface area contributed by atoms with Gasteiger partial charge in [0, 0.05) is 20.2 Å². The highest BCUT2D eigenvalue weighted by Crippen LogP contribution is 2.60. The summed E-state index contributed by atoms with van der Waals surface area (Å²) >= 11 is 0. The summed E-state index contributed by atoms with van der Waals surface area (Å²) in [6, 6.07) is 0. The lowest BCUT2D eigenvalue weighted by molar-refractivity contribution is -0.120. The van der Waals surface area contributed by atoms with Gasteiger partial charge in [0.25, 0.3) is 0 Å². The zero-order chi connectivity index (χ0) is 11.4. The molecule has 0 atom stereocenters. The molecule has 16 heavy (non-hydrogen) atoms. The lowest BCUT2D eigenvalue weighted by Crippen LogP contribution is -2.38. The summed E-state index contributed by atoms with van der Waals surface area (Å²) in [6.45, 7) is 2.65. The van der Waals surface area contributed by atoms with Crippen LogP contribution in [0.5, 0.6) is 0 Å². The molecule has 4 nitrogen and oxygen atoms in total. The van der Waals surface area contributed by atoms with E-state index in [1.807, 2.05) is 0 Å². The number of methoxy groups -OCH3 is 1. The molecule has 92 valence electrons. The largest absolute Gasteiger partial charge is 0.383 e. The number of amides is 1. The predicted molar refractivity (Wildman–Crippen MR) is 62.1 cm³/mol. The summed E-state index contributed by atoms with van der Waals surface area (Å²) < 4.78 is 4.87. The Morgan fingerprint density at radius 2 is 2.19 bits per heavy atom. The topological polar surface area (TPSA) is 50.4 Å². The van der Waals surface area contributed by atoms with Crippen LogP contribution in [-0.2, 0) is 9.53 Å². The molecule has 0 aromatic carbocycles. The van der Waals surface area contributed by atoms with Gasteiger partial charge < -0.3 is 15.4 Å². The van der Waals surface area contributed by atoms with Crippen molar-refractivity contribution >= 4 is 5.91 Å². The van der Waals surface area contributed by atoms with Gasteiger partial charge in [0.2, 0.25) is 5.91 Å². The van der Waals surface area contributed by atoms with Gasteiger partial charge in [-0.3, -0.25) is 4.79 Å². The molecule has 0 heterocycles. The van der Waals surface area contributed by atoms with E-state index in [-0.39, 0.29) is 5.91 Å². The maximum Gasteiger partial charge on any atom is 0.234 e. The molecule has 2 fully saturated rings. The molecule has 0 spiro atoms. The monoisotopic (exact) mass is 226 g/mol. The molecule has 0 unspecified atom stereocenters. The Balaban J connectivity index is 1.52. The number of hydrogen-bond donors (Lipinski definition) is 2. The molecule has 2 saturated carbocycles. The minimum Gasteiger partial charge on any atom is -0.383 e. The van der Waals surface area contributed by atoms with Crippen LogP contribution in [0.15, 0.2) is 0 Å². The van der Waals surface area contributed by atoms with Gasteiger partial charge in [-0.05, 0) is 37.0 Å². The first-order valence-corrected chi connectivity index (χ1v) is 6.23. The molecule has 0 aliphatic heterocycles. The van der Waals surface area contributed by atoms with Crippen molar-refractivity contribution in [3.63, 3.8) is 0 Å². The summed E-state index contributed by atoms with van der Waals surface area (Å²) in [5, 5.41) is 6.09. The van der Waals surface area contributed by atoms with Gasteiger partial charge in [0.05, 0.1) is 13.2 Å². The summed E-state index contributed by atoms with van der Waals surface area (Å²) in [5.74, 6) is 1.03. The average Bonchev–Trinajstić information content (AvgIpc) is 3.12. The first kappa shape index (κ1) is 11.9. The highest BCUT2D eigenvalue weighted by atomic mass is 16.5. The number of ether oxygens (including phenoxy) is 1. The van der Waals surface area contributed by atoms with Gasteiger partial charge in [-0.1, -0.05) is 0 Å². The smallest absolute Gasteiger partial charge is 0.234 e. The van der Waals surface area contributed by atoms with E-state index in [0.29, 0.717) is 25.1 Å². The van der Waals surface area contributed by atoms with Gasteiger partial charge >= 0.3 is 0 Å². The van der Waals surface area contributed by atoms with E-state index in [1.165, 1.54) is 25.7 Å². The van der Waals surface area contributed by atoms with Crippen LogP contribution in [0.3, 0.4) is 0 Å². The molecule has 2 rings (SSSR count). The van der Waals surface area contributed by atoms with Gasteiger partial charge in [0.15, 0.2) is 0 Å². The molecular formula is C12H22N2O2. The lowest BCUT2D eigenvalue weighted by atomic mass is 10.0. The van der Waals surface area contributed by atoms with Gasteiger partial charge in [-0.2, -0.15) is 0 Å². The Morgan fingerprint density at radius 3 is 2.75 bits per heavy atom. The van der Waals surface area contributed by atoms with Crippen LogP contribution in [-0.4, -0.2) is 39.3 Å². The first-order chi connectivity index (χ1) is 7.77. The van der Waals surface area contributed by atoms with Crippen molar-refractivity contribution < 1.29 is 9.53 Å². The summed E-state index contributed by atoms with van der Waals surface area (Å²) in [5.41, 5.74) is 0.576. The fourth-order valence-corrected chi connectivity index (χ4v) is 2.37. The third kappa shape index (κ3) is 3.19. The number of hydrogen-bond acceptors (Lipinski definition) is 3. The molecule has 0 bridgehead atoms. The van der Waals surface area contributed by atoms with Crippen molar-refractivity contribution in [2.45, 2.75) is 25.7 Å². The Kier molecular flexibility index (Phi) is 3.82. The van der Waals surface area contributed by atoms with Crippen molar-refractivity contribution in [2.24, 2.45) is 11.3 Å². The highest BCUT2D eigenvalue weighted by Gasteiger charge is 2.53. The van der Waals surface area contributed by atoms with Crippen LogP contribution in [0.4, 0.5) is 0 Å². The van der Waals surface area contributed by atoms with Gasteiger partial charge in [-0.25, -0.2) is 0 Å². The molecule has 0 saturated heterocycles. The molecule has 1 amide bonds. The van der Waals surface area contributed by atoms with Crippen LogP contribution in [0.25, 0.3) is 0 Å². The van der Waals surface area contributed by atoms with Crippen LogP contribution in [0.2, 0.25) is 0 Å². The Bertz CT molecular complexity index is 247. The summed E-state index contributed by atoms with van der Waals surface area (Å²) in [7, 11) is 1.64. The fraction of sp³-hybridized carbons (Fsp3) is 0.917. The second-order valence-electron chi connectivity index (χ2n) is 5.08. The zero-order valence-corrected chi connectivity index (χ0v) is 10.1. The van der Waals surface area contributed by atoms with Crippen molar-refractivity contribution in [1.82, 2.24) is 10.6 Å². The zero-order valence-electron chi connectivity index (χ0n) is 10.1. The van der Waals surface area contributed by atoms with Crippen molar-refractivity contribution in [2.75, 3.05) is 33.4 Å². The molecule has 0 radical (unpaired) electrons. The Hall–Kier alpha value is -0.610. The predicted octanol–water partition coefficient (Wildman–Crippen LogP) is 0.529. The van der Waals surface area contributed by atoms with Crippen molar-refractivity contribution in [3.05, 3.63) is 0 Å². The van der Waals surface area contributed by atoms with E-state index in [0.717, 1.165) is 12.5 Å². The number of rotatable bonds is 8. The van der Waals surface area contributed by atoms with Gasteiger partial charge in [-0.15, -0.1) is 0 Å². The molecule has 2 aliphatic rings. The lowest BCUT2D eigenvalue weighted by Gasteiger charge is -2.14. The van der Waals surface area contributed by atoms with E-state index in [9.17, 15) is 4.79 Å². The van der Waals surface area contributed by atoms with Crippen molar-refractivity contribution in [3.8, 4) is 0 Å². The quantitative estimate of drug-likeness (QED) is 0.594. The third-order valence-electron chi connectivity index (χ3n) is 3.73. The van der Waals surface area contributed by atoms with E-state index in [4.69, 9.17) is 4.74 Å². The van der Waals surface area contributed by atoms with Crippen LogP contribution >= 0.6 is 0 Å². The van der Waals surface area contributed by atoms with E-state index < -0.39 is 0 Å². The summed E-state index contributed by atoms with van der Waals surface area (Å²) in [6.07, 6.45) is 5.52. The molecule has 0 aromatic rings. The molecule has 0 aromatic heterocycles. The SMILES string of the molecule is COCCNC(=O)CNCC1(C2CC2)CC1. The standard InChI is InChI=1S/C12H22N2O2/c1-16-7-6-14-11(15)8-13-9-12(4-5-12)10-2-3-10/h10,13H,2-9H2,1H3,(H,14,15). The van der Waals surface area contributed by atoms with Crippen molar-refractivity contribution in [1.29, 1.82) is 0 Å². The van der Waals surface area contributed by atoms with Crippen LogP contribution in [0, 0.1) is 11.3 Å².